The summed E-state index contributed by atoms with van der Waals surface area (Å²) < 4.78 is 24.1. The summed E-state index contributed by atoms with van der Waals surface area (Å²) in [6, 6.07) is 2.65. The first-order chi connectivity index (χ1) is 10.6. The Morgan fingerprint density at radius 1 is 1.27 bits per heavy atom. The van der Waals surface area contributed by atoms with Crippen molar-refractivity contribution in [2.75, 3.05) is 32.6 Å². The molecule has 1 heterocycles. The van der Waals surface area contributed by atoms with E-state index in [9.17, 15) is 9.18 Å². The van der Waals surface area contributed by atoms with Crippen molar-refractivity contribution in [3.8, 4) is 11.5 Å². The third-order valence-corrected chi connectivity index (χ3v) is 3.99. The molecule has 1 aliphatic rings. The second kappa shape index (κ2) is 7.98. The Morgan fingerprint density at radius 3 is 2.55 bits per heavy atom. The van der Waals surface area contributed by atoms with Crippen molar-refractivity contribution in [3.05, 3.63) is 17.9 Å². The SMILES string of the molecule is COc1cc(F)c(NC(=O)CCC2CCNCC2)cc1OC. The zero-order valence-electron chi connectivity index (χ0n) is 13.1. The molecule has 1 aromatic rings. The molecule has 0 aromatic heterocycles. The third kappa shape index (κ3) is 4.34. The zero-order chi connectivity index (χ0) is 15.9. The maximum atomic E-state index is 14.0. The monoisotopic (exact) mass is 310 g/mol. The van der Waals surface area contributed by atoms with Crippen molar-refractivity contribution < 1.29 is 18.7 Å². The number of carbonyl (C=O) groups is 1. The first kappa shape index (κ1) is 16.5. The minimum Gasteiger partial charge on any atom is -0.493 e. The number of benzene rings is 1. The zero-order valence-corrected chi connectivity index (χ0v) is 13.1. The molecule has 22 heavy (non-hydrogen) atoms. The van der Waals surface area contributed by atoms with E-state index in [1.165, 1.54) is 26.4 Å². The lowest BCUT2D eigenvalue weighted by atomic mass is 9.93. The fraction of sp³-hybridized carbons (Fsp3) is 0.562. The van der Waals surface area contributed by atoms with Gasteiger partial charge in [-0.25, -0.2) is 4.39 Å². The van der Waals surface area contributed by atoms with Crippen LogP contribution < -0.4 is 20.1 Å². The van der Waals surface area contributed by atoms with E-state index in [1.54, 1.807) is 0 Å². The standard InChI is InChI=1S/C16H23FN2O3/c1-21-14-9-12(17)13(10-15(14)22-2)19-16(20)4-3-11-5-7-18-8-6-11/h9-11,18H,3-8H2,1-2H3,(H,19,20). The Hall–Kier alpha value is -1.82. The molecule has 0 aliphatic carbocycles. The van der Waals surface area contributed by atoms with Crippen LogP contribution in [0.4, 0.5) is 10.1 Å². The molecule has 0 unspecified atom stereocenters. The second-order valence-corrected chi connectivity index (χ2v) is 5.47. The number of anilines is 1. The number of hydrogen-bond donors (Lipinski definition) is 2. The van der Waals surface area contributed by atoms with E-state index in [2.05, 4.69) is 10.6 Å². The fourth-order valence-electron chi connectivity index (χ4n) is 2.67. The summed E-state index contributed by atoms with van der Waals surface area (Å²) in [4.78, 5) is 12.0. The molecule has 0 saturated carbocycles. The van der Waals surface area contributed by atoms with E-state index >= 15 is 0 Å². The van der Waals surface area contributed by atoms with Crippen LogP contribution in [0.2, 0.25) is 0 Å². The Morgan fingerprint density at radius 2 is 1.91 bits per heavy atom. The van der Waals surface area contributed by atoms with Gasteiger partial charge in [-0.2, -0.15) is 0 Å². The van der Waals surface area contributed by atoms with E-state index in [0.717, 1.165) is 32.4 Å². The van der Waals surface area contributed by atoms with E-state index in [-0.39, 0.29) is 11.6 Å². The van der Waals surface area contributed by atoms with Gasteiger partial charge in [0, 0.05) is 18.6 Å². The average molecular weight is 310 g/mol. The van der Waals surface area contributed by atoms with Gasteiger partial charge in [-0.1, -0.05) is 0 Å². The van der Waals surface area contributed by atoms with Crippen LogP contribution in [0.3, 0.4) is 0 Å². The molecule has 1 saturated heterocycles. The number of rotatable bonds is 6. The Kier molecular flexibility index (Phi) is 6.00. The van der Waals surface area contributed by atoms with E-state index in [4.69, 9.17) is 9.47 Å². The second-order valence-electron chi connectivity index (χ2n) is 5.47. The summed E-state index contributed by atoms with van der Waals surface area (Å²) in [5.74, 6) is 0.546. The predicted molar refractivity (Wildman–Crippen MR) is 83.0 cm³/mol. The quantitative estimate of drug-likeness (QED) is 0.848. The van der Waals surface area contributed by atoms with Crippen molar-refractivity contribution in [1.29, 1.82) is 0 Å². The molecule has 1 aromatic carbocycles. The number of carbonyl (C=O) groups excluding carboxylic acids is 1. The van der Waals surface area contributed by atoms with Gasteiger partial charge in [0.2, 0.25) is 5.91 Å². The topological polar surface area (TPSA) is 59.6 Å². The van der Waals surface area contributed by atoms with Crippen LogP contribution in [-0.4, -0.2) is 33.2 Å². The molecule has 2 N–H and O–H groups in total. The minimum atomic E-state index is -0.534. The number of piperidine rings is 1. The Bertz CT molecular complexity index is 516. The van der Waals surface area contributed by atoms with Crippen LogP contribution in [0.25, 0.3) is 0 Å². The molecule has 0 atom stereocenters. The van der Waals surface area contributed by atoms with Crippen molar-refractivity contribution in [1.82, 2.24) is 5.32 Å². The number of amides is 1. The Labute approximate surface area is 130 Å². The summed E-state index contributed by atoms with van der Waals surface area (Å²) in [5.41, 5.74) is 0.118. The van der Waals surface area contributed by atoms with Gasteiger partial charge in [-0.05, 0) is 38.3 Å². The lowest BCUT2D eigenvalue weighted by molar-refractivity contribution is -0.116. The van der Waals surface area contributed by atoms with Crippen molar-refractivity contribution in [2.24, 2.45) is 5.92 Å². The van der Waals surface area contributed by atoms with Gasteiger partial charge in [0.1, 0.15) is 0 Å². The summed E-state index contributed by atoms with van der Waals surface area (Å²) in [6.45, 7) is 2.02. The predicted octanol–water partition coefficient (Wildman–Crippen LogP) is 2.56. The van der Waals surface area contributed by atoms with Gasteiger partial charge < -0.3 is 20.1 Å². The highest BCUT2D eigenvalue weighted by molar-refractivity contribution is 5.91. The highest BCUT2D eigenvalue weighted by atomic mass is 19.1. The van der Waals surface area contributed by atoms with Gasteiger partial charge in [0.05, 0.1) is 19.9 Å². The normalized spacial score (nSPS) is 15.4. The van der Waals surface area contributed by atoms with E-state index in [0.29, 0.717) is 23.8 Å². The van der Waals surface area contributed by atoms with Crippen LogP contribution in [0, 0.1) is 11.7 Å². The summed E-state index contributed by atoms with van der Waals surface area (Å²) in [7, 11) is 2.91. The molecule has 1 aliphatic heterocycles. The maximum Gasteiger partial charge on any atom is 0.224 e. The minimum absolute atomic E-state index is 0.118. The van der Waals surface area contributed by atoms with Gasteiger partial charge in [0.15, 0.2) is 17.3 Å². The smallest absolute Gasteiger partial charge is 0.224 e. The third-order valence-electron chi connectivity index (χ3n) is 3.99. The van der Waals surface area contributed by atoms with E-state index in [1.807, 2.05) is 0 Å². The molecule has 1 fully saturated rings. The summed E-state index contributed by atoms with van der Waals surface area (Å²) >= 11 is 0. The van der Waals surface area contributed by atoms with Gasteiger partial charge in [-0.3, -0.25) is 4.79 Å². The molecule has 6 heteroatoms. The van der Waals surface area contributed by atoms with Crippen LogP contribution in [0.15, 0.2) is 12.1 Å². The summed E-state index contributed by atoms with van der Waals surface area (Å²) in [5, 5.41) is 5.91. The lowest BCUT2D eigenvalue weighted by Crippen LogP contribution is -2.28. The largest absolute Gasteiger partial charge is 0.493 e. The molecule has 2 rings (SSSR count). The average Bonchev–Trinajstić information content (AvgIpc) is 2.55. The van der Waals surface area contributed by atoms with Crippen molar-refractivity contribution in [2.45, 2.75) is 25.7 Å². The highest BCUT2D eigenvalue weighted by Gasteiger charge is 2.16. The molecule has 122 valence electrons. The first-order valence-corrected chi connectivity index (χ1v) is 7.56. The molecule has 1 amide bonds. The van der Waals surface area contributed by atoms with Gasteiger partial charge >= 0.3 is 0 Å². The number of methoxy groups -OCH3 is 2. The Balaban J connectivity index is 1.93. The van der Waals surface area contributed by atoms with Crippen LogP contribution >= 0.6 is 0 Å². The maximum absolute atomic E-state index is 14.0. The number of hydrogen-bond acceptors (Lipinski definition) is 4. The molecular weight excluding hydrogens is 287 g/mol. The van der Waals surface area contributed by atoms with Gasteiger partial charge in [0.25, 0.3) is 0 Å². The summed E-state index contributed by atoms with van der Waals surface area (Å²) in [6.07, 6.45) is 3.43. The molecular formula is C16H23FN2O3. The lowest BCUT2D eigenvalue weighted by Gasteiger charge is -2.22. The molecule has 5 nitrogen and oxygen atoms in total. The molecule has 0 radical (unpaired) electrons. The van der Waals surface area contributed by atoms with Crippen molar-refractivity contribution >= 4 is 11.6 Å². The van der Waals surface area contributed by atoms with Gasteiger partial charge in [-0.15, -0.1) is 0 Å². The van der Waals surface area contributed by atoms with Crippen molar-refractivity contribution in [3.63, 3.8) is 0 Å². The van der Waals surface area contributed by atoms with E-state index < -0.39 is 5.82 Å². The van der Waals surface area contributed by atoms with Crippen LogP contribution in [-0.2, 0) is 4.79 Å². The number of ether oxygens (including phenoxy) is 2. The fourth-order valence-corrected chi connectivity index (χ4v) is 2.67. The first-order valence-electron chi connectivity index (χ1n) is 7.56. The molecule has 0 bridgehead atoms. The van der Waals surface area contributed by atoms with Crippen LogP contribution in [0.1, 0.15) is 25.7 Å². The highest BCUT2D eigenvalue weighted by Crippen LogP contribution is 2.32. The number of nitrogens with one attached hydrogen (secondary N) is 2. The molecule has 0 spiro atoms. The van der Waals surface area contributed by atoms with Crippen LogP contribution in [0.5, 0.6) is 11.5 Å². The number of halogens is 1.